The molecule has 2 aromatic carbocycles. The Hall–Kier alpha value is -2.96. The van der Waals surface area contributed by atoms with E-state index in [0.717, 1.165) is 38.9 Å². The minimum Gasteiger partial charge on any atom is -0.465 e. The zero-order valence-corrected chi connectivity index (χ0v) is 17.3. The number of hydrogen-bond acceptors (Lipinski definition) is 5. The molecule has 0 unspecified atom stereocenters. The molecule has 0 aliphatic heterocycles. The molecule has 0 atom stereocenters. The normalized spacial score (nSPS) is 12.3. The summed E-state index contributed by atoms with van der Waals surface area (Å²) in [7, 11) is 1.37. The lowest BCUT2D eigenvalue weighted by Crippen LogP contribution is -2.14. The van der Waals surface area contributed by atoms with Crippen LogP contribution in [0.4, 0.5) is 5.00 Å². The molecule has 0 radical (unpaired) electrons. The van der Waals surface area contributed by atoms with Crippen LogP contribution >= 0.6 is 22.7 Å². The Labute approximate surface area is 175 Å². The van der Waals surface area contributed by atoms with Gasteiger partial charge in [0.05, 0.1) is 12.7 Å². The lowest BCUT2D eigenvalue weighted by Gasteiger charge is -2.17. The molecule has 6 heteroatoms. The van der Waals surface area contributed by atoms with Gasteiger partial charge in [-0.2, -0.15) is 0 Å². The van der Waals surface area contributed by atoms with Crippen molar-refractivity contribution in [2.75, 3.05) is 12.4 Å². The summed E-state index contributed by atoms with van der Waals surface area (Å²) in [5, 5.41) is 6.33. The van der Waals surface area contributed by atoms with E-state index in [-0.39, 0.29) is 5.91 Å². The molecule has 1 aliphatic rings. The van der Waals surface area contributed by atoms with Crippen LogP contribution in [0, 0.1) is 0 Å². The highest BCUT2D eigenvalue weighted by molar-refractivity contribution is 7.18. The van der Waals surface area contributed by atoms with Crippen LogP contribution in [-0.2, 0) is 17.6 Å². The van der Waals surface area contributed by atoms with Gasteiger partial charge in [-0.25, -0.2) is 4.79 Å². The van der Waals surface area contributed by atoms with Gasteiger partial charge < -0.3 is 10.1 Å². The van der Waals surface area contributed by atoms with E-state index < -0.39 is 5.97 Å². The maximum atomic E-state index is 13.1. The first-order valence-corrected chi connectivity index (χ1v) is 11.0. The fourth-order valence-corrected chi connectivity index (χ4v) is 6.02. The molecule has 144 valence electrons. The number of nitrogens with one attached hydrogen (secondary N) is 1. The number of carbonyl (C=O) groups excluding carboxylic acids is 2. The van der Waals surface area contributed by atoms with Crippen molar-refractivity contribution in [2.45, 2.75) is 12.8 Å². The summed E-state index contributed by atoms with van der Waals surface area (Å²) < 4.78 is 6.14. The average molecular weight is 420 g/mol. The minimum absolute atomic E-state index is 0.209. The summed E-state index contributed by atoms with van der Waals surface area (Å²) in [6, 6.07) is 15.9. The molecule has 1 N–H and O–H groups in total. The van der Waals surface area contributed by atoms with Crippen molar-refractivity contribution in [2.24, 2.45) is 0 Å². The first-order valence-electron chi connectivity index (χ1n) is 9.27. The van der Waals surface area contributed by atoms with Crippen LogP contribution in [-0.4, -0.2) is 19.0 Å². The van der Waals surface area contributed by atoms with Gasteiger partial charge >= 0.3 is 5.97 Å². The summed E-state index contributed by atoms with van der Waals surface area (Å²) in [6.45, 7) is 0. The second-order valence-electron chi connectivity index (χ2n) is 6.85. The first-order chi connectivity index (χ1) is 14.2. The highest BCUT2D eigenvalue weighted by atomic mass is 32.1. The average Bonchev–Trinajstić information content (AvgIpc) is 3.34. The van der Waals surface area contributed by atoms with Crippen LogP contribution in [0.3, 0.4) is 0 Å². The van der Waals surface area contributed by atoms with Gasteiger partial charge in [-0.1, -0.05) is 42.5 Å². The monoisotopic (exact) mass is 419 g/mol. The highest BCUT2D eigenvalue weighted by Crippen LogP contribution is 2.45. The van der Waals surface area contributed by atoms with Crippen LogP contribution < -0.4 is 5.32 Å². The Bertz CT molecular complexity index is 1270. The molecule has 1 amide bonds. The Morgan fingerprint density at radius 1 is 1.03 bits per heavy atom. The number of carbonyl (C=O) groups is 2. The quantitative estimate of drug-likeness (QED) is 0.429. The van der Waals surface area contributed by atoms with Gasteiger partial charge in [0.25, 0.3) is 5.91 Å². The smallest absolute Gasteiger partial charge is 0.341 e. The molecule has 2 aromatic heterocycles. The lowest BCUT2D eigenvalue weighted by molar-refractivity contribution is 0.0603. The molecule has 0 saturated carbocycles. The predicted molar refractivity (Wildman–Crippen MR) is 118 cm³/mol. The van der Waals surface area contributed by atoms with E-state index in [9.17, 15) is 9.59 Å². The molecular weight excluding hydrogens is 402 g/mol. The molecule has 1 aliphatic carbocycles. The van der Waals surface area contributed by atoms with Crippen LogP contribution in [0.2, 0.25) is 0 Å². The molecule has 2 heterocycles. The zero-order chi connectivity index (χ0) is 20.0. The molecule has 0 spiro atoms. The minimum atomic E-state index is -0.426. The number of esters is 1. The van der Waals surface area contributed by atoms with E-state index in [4.69, 9.17) is 4.74 Å². The van der Waals surface area contributed by atoms with Gasteiger partial charge in [0.15, 0.2) is 0 Å². The number of fused-ring (bicyclic) bond motifs is 4. The van der Waals surface area contributed by atoms with Gasteiger partial charge in [0.2, 0.25) is 0 Å². The Morgan fingerprint density at radius 3 is 2.69 bits per heavy atom. The highest BCUT2D eigenvalue weighted by Gasteiger charge is 2.30. The van der Waals surface area contributed by atoms with Crippen molar-refractivity contribution in [1.82, 2.24) is 0 Å². The van der Waals surface area contributed by atoms with Crippen LogP contribution in [0.15, 0.2) is 53.9 Å². The first kappa shape index (κ1) is 18.1. The van der Waals surface area contributed by atoms with Crippen LogP contribution in [0.25, 0.3) is 21.2 Å². The van der Waals surface area contributed by atoms with Crippen molar-refractivity contribution in [3.05, 3.63) is 75.5 Å². The fourth-order valence-electron chi connectivity index (χ4n) is 3.88. The van der Waals surface area contributed by atoms with Crippen molar-refractivity contribution in [3.63, 3.8) is 0 Å². The van der Waals surface area contributed by atoms with Crippen LogP contribution in [0.5, 0.6) is 0 Å². The maximum Gasteiger partial charge on any atom is 0.341 e. The molecular formula is C23H17NO3S2. The third-order valence-corrected chi connectivity index (χ3v) is 7.36. The predicted octanol–water partition coefficient (Wildman–Crippen LogP) is 5.77. The fraction of sp³-hybridized carbons (Fsp3) is 0.130. The number of ether oxygens (including phenoxy) is 1. The number of anilines is 1. The van der Waals surface area contributed by atoms with E-state index in [1.54, 1.807) is 0 Å². The molecule has 4 nitrogen and oxygen atoms in total. The molecule has 0 fully saturated rings. The number of amides is 1. The number of hydrogen-bond donors (Lipinski definition) is 1. The molecule has 5 rings (SSSR count). The number of thiophene rings is 2. The third-order valence-electron chi connectivity index (χ3n) is 5.23. The van der Waals surface area contributed by atoms with Crippen molar-refractivity contribution in [3.8, 4) is 11.1 Å². The summed E-state index contributed by atoms with van der Waals surface area (Å²) in [5.74, 6) is -0.635. The van der Waals surface area contributed by atoms with Gasteiger partial charge in [-0.05, 0) is 30.0 Å². The Kier molecular flexibility index (Phi) is 4.45. The van der Waals surface area contributed by atoms with Gasteiger partial charge in [0, 0.05) is 25.9 Å². The third kappa shape index (κ3) is 2.96. The van der Waals surface area contributed by atoms with Crippen molar-refractivity contribution in [1.29, 1.82) is 0 Å². The second-order valence-corrected chi connectivity index (χ2v) is 8.87. The topological polar surface area (TPSA) is 55.4 Å². The molecule has 0 saturated heterocycles. The summed E-state index contributed by atoms with van der Waals surface area (Å²) in [4.78, 5) is 26.9. The zero-order valence-electron chi connectivity index (χ0n) is 15.7. The lowest BCUT2D eigenvalue weighted by atomic mass is 9.88. The Morgan fingerprint density at radius 2 is 1.83 bits per heavy atom. The van der Waals surface area contributed by atoms with E-state index in [1.807, 2.05) is 47.8 Å². The van der Waals surface area contributed by atoms with Crippen LogP contribution in [0.1, 0.15) is 31.2 Å². The standard InChI is InChI=1S/C23H17NO3S2/c1-27-23(26)20-19-14-7-3-2-6-13(14)10-11-18(19)29-22(20)24-21(25)16-12-28-17-9-5-4-8-15(16)17/h2-9,12H,10-11H2,1H3,(H,24,25). The second kappa shape index (κ2) is 7.13. The van der Waals surface area contributed by atoms with Gasteiger partial charge in [0.1, 0.15) is 10.6 Å². The molecule has 4 aromatic rings. The van der Waals surface area contributed by atoms with Crippen molar-refractivity contribution >= 4 is 49.6 Å². The molecule has 0 bridgehead atoms. The number of benzene rings is 2. The number of aryl methyl sites for hydroxylation is 2. The van der Waals surface area contributed by atoms with E-state index in [1.165, 1.54) is 35.3 Å². The summed E-state index contributed by atoms with van der Waals surface area (Å²) in [5.41, 5.74) is 4.23. The number of methoxy groups -OCH3 is 1. The van der Waals surface area contributed by atoms with Crippen molar-refractivity contribution < 1.29 is 14.3 Å². The SMILES string of the molecule is COC(=O)c1c(NC(=O)c2csc3ccccc23)sc2c1-c1ccccc1CC2. The van der Waals surface area contributed by atoms with E-state index >= 15 is 0 Å². The summed E-state index contributed by atoms with van der Waals surface area (Å²) >= 11 is 3.01. The molecule has 29 heavy (non-hydrogen) atoms. The Balaban J connectivity index is 1.60. The van der Waals surface area contributed by atoms with E-state index in [2.05, 4.69) is 11.4 Å². The maximum absolute atomic E-state index is 13.1. The summed E-state index contributed by atoms with van der Waals surface area (Å²) in [6.07, 6.45) is 1.77. The largest absolute Gasteiger partial charge is 0.465 e. The van der Waals surface area contributed by atoms with E-state index in [0.29, 0.717) is 16.1 Å². The number of rotatable bonds is 3. The van der Waals surface area contributed by atoms with Gasteiger partial charge in [-0.15, -0.1) is 22.7 Å². The van der Waals surface area contributed by atoms with Gasteiger partial charge in [-0.3, -0.25) is 4.79 Å².